The fraction of sp³-hybridized carbons (Fsp3) is 0.278. The summed E-state index contributed by atoms with van der Waals surface area (Å²) in [6, 6.07) is 13.1. The minimum Gasteiger partial charge on any atom is -0.493 e. The number of carbonyl (C=O) groups excluding carboxylic acids is 1. The van der Waals surface area contributed by atoms with E-state index in [9.17, 15) is 4.79 Å². The van der Waals surface area contributed by atoms with E-state index in [-0.39, 0.29) is 12.5 Å². The lowest BCUT2D eigenvalue weighted by atomic mass is 10.2. The van der Waals surface area contributed by atoms with E-state index in [1.165, 1.54) is 21.3 Å². The highest BCUT2D eigenvalue weighted by atomic mass is 16.5. The monoisotopic (exact) mass is 330 g/mol. The van der Waals surface area contributed by atoms with E-state index in [2.05, 4.69) is 5.32 Å². The van der Waals surface area contributed by atoms with Crippen LogP contribution >= 0.6 is 0 Å². The summed E-state index contributed by atoms with van der Waals surface area (Å²) < 4.78 is 15.8. The van der Waals surface area contributed by atoms with E-state index >= 15 is 0 Å². The second-order valence-corrected chi connectivity index (χ2v) is 5.15. The van der Waals surface area contributed by atoms with Crippen molar-refractivity contribution in [3.63, 3.8) is 0 Å². The van der Waals surface area contributed by atoms with Crippen LogP contribution in [0.5, 0.6) is 17.2 Å². The van der Waals surface area contributed by atoms with Crippen molar-refractivity contribution in [3.05, 3.63) is 42.5 Å². The van der Waals surface area contributed by atoms with Crippen molar-refractivity contribution in [2.45, 2.75) is 0 Å². The van der Waals surface area contributed by atoms with Crippen molar-refractivity contribution < 1.29 is 19.0 Å². The third kappa shape index (κ3) is 4.10. The van der Waals surface area contributed by atoms with E-state index in [0.29, 0.717) is 22.9 Å². The number of nitrogens with zero attached hydrogens (tertiary/aromatic N) is 1. The second kappa shape index (κ2) is 8.10. The summed E-state index contributed by atoms with van der Waals surface area (Å²) in [5.41, 5.74) is 1.55. The van der Waals surface area contributed by atoms with Gasteiger partial charge in [-0.2, -0.15) is 0 Å². The van der Waals surface area contributed by atoms with Crippen LogP contribution in [-0.2, 0) is 4.79 Å². The first-order valence-electron chi connectivity index (χ1n) is 7.45. The Hall–Kier alpha value is -2.89. The standard InChI is InChI=1S/C18H22N2O4/c1-20(14-8-6-5-7-9-14)12-17(21)19-13-10-15(22-2)18(24-4)16(11-13)23-3/h5-11H,12H2,1-4H3,(H,19,21). The maximum atomic E-state index is 12.3. The normalized spacial score (nSPS) is 10.0. The molecule has 0 spiro atoms. The van der Waals surface area contributed by atoms with Crippen molar-refractivity contribution >= 4 is 17.3 Å². The van der Waals surface area contributed by atoms with Gasteiger partial charge >= 0.3 is 0 Å². The molecule has 1 N–H and O–H groups in total. The lowest BCUT2D eigenvalue weighted by Crippen LogP contribution is -2.30. The predicted octanol–water partition coefficient (Wildman–Crippen LogP) is 2.79. The third-order valence-electron chi connectivity index (χ3n) is 3.53. The van der Waals surface area contributed by atoms with Crippen molar-refractivity contribution in [3.8, 4) is 17.2 Å². The number of methoxy groups -OCH3 is 3. The summed E-state index contributed by atoms with van der Waals surface area (Å²) in [4.78, 5) is 14.2. The van der Waals surface area contributed by atoms with E-state index in [4.69, 9.17) is 14.2 Å². The first kappa shape index (κ1) is 17.5. The van der Waals surface area contributed by atoms with Crippen LogP contribution in [0, 0.1) is 0 Å². The van der Waals surface area contributed by atoms with Gasteiger partial charge in [0.25, 0.3) is 0 Å². The summed E-state index contributed by atoms with van der Waals surface area (Å²) in [6.07, 6.45) is 0. The molecule has 128 valence electrons. The smallest absolute Gasteiger partial charge is 0.243 e. The average molecular weight is 330 g/mol. The molecule has 0 saturated carbocycles. The molecular formula is C18H22N2O4. The Labute approximate surface area is 141 Å². The quantitative estimate of drug-likeness (QED) is 0.846. The van der Waals surface area contributed by atoms with E-state index in [1.807, 2.05) is 42.3 Å². The minimum atomic E-state index is -0.143. The molecule has 0 unspecified atom stereocenters. The number of rotatable bonds is 7. The summed E-state index contributed by atoms with van der Waals surface area (Å²) in [5, 5.41) is 2.85. The highest BCUT2D eigenvalue weighted by Gasteiger charge is 2.15. The Kier molecular flexibility index (Phi) is 5.89. The molecule has 0 radical (unpaired) electrons. The van der Waals surface area contributed by atoms with Crippen LogP contribution in [0.15, 0.2) is 42.5 Å². The number of hydrogen-bond acceptors (Lipinski definition) is 5. The molecule has 0 aliphatic carbocycles. The largest absolute Gasteiger partial charge is 0.493 e. The second-order valence-electron chi connectivity index (χ2n) is 5.15. The maximum Gasteiger partial charge on any atom is 0.243 e. The van der Waals surface area contributed by atoms with E-state index in [1.54, 1.807) is 12.1 Å². The summed E-state index contributed by atoms with van der Waals surface area (Å²) >= 11 is 0. The first-order valence-corrected chi connectivity index (χ1v) is 7.45. The Morgan fingerprint density at radius 2 is 1.58 bits per heavy atom. The van der Waals surface area contributed by atoms with Gasteiger partial charge in [0.1, 0.15) is 0 Å². The zero-order valence-corrected chi connectivity index (χ0v) is 14.3. The molecule has 0 fully saturated rings. The Balaban J connectivity index is 2.11. The Bertz CT molecular complexity index is 664. The van der Waals surface area contributed by atoms with Crippen LogP contribution in [0.25, 0.3) is 0 Å². The molecule has 6 nitrogen and oxygen atoms in total. The number of anilines is 2. The van der Waals surface area contributed by atoms with Crippen LogP contribution < -0.4 is 24.4 Å². The van der Waals surface area contributed by atoms with Gasteiger partial charge in [-0.25, -0.2) is 0 Å². The van der Waals surface area contributed by atoms with Gasteiger partial charge in [-0.15, -0.1) is 0 Å². The molecule has 2 aromatic carbocycles. The first-order chi connectivity index (χ1) is 11.6. The van der Waals surface area contributed by atoms with Crippen molar-refractivity contribution in [1.29, 1.82) is 0 Å². The van der Waals surface area contributed by atoms with Crippen LogP contribution in [0.4, 0.5) is 11.4 Å². The minimum absolute atomic E-state index is 0.143. The van der Waals surface area contributed by atoms with Gasteiger partial charge in [0.15, 0.2) is 11.5 Å². The fourth-order valence-corrected chi connectivity index (χ4v) is 2.34. The third-order valence-corrected chi connectivity index (χ3v) is 3.53. The molecule has 2 rings (SSSR count). The number of amides is 1. The molecule has 24 heavy (non-hydrogen) atoms. The lowest BCUT2D eigenvalue weighted by molar-refractivity contribution is -0.114. The SMILES string of the molecule is COc1cc(NC(=O)CN(C)c2ccccc2)cc(OC)c1OC. The van der Waals surface area contributed by atoms with Gasteiger partial charge in [-0.1, -0.05) is 18.2 Å². The van der Waals surface area contributed by atoms with Crippen molar-refractivity contribution in [2.24, 2.45) is 0 Å². The topological polar surface area (TPSA) is 60.0 Å². The average Bonchev–Trinajstić information content (AvgIpc) is 2.61. The van der Waals surface area contributed by atoms with Gasteiger partial charge < -0.3 is 24.4 Å². The zero-order chi connectivity index (χ0) is 17.5. The molecule has 0 aromatic heterocycles. The molecule has 0 saturated heterocycles. The fourth-order valence-electron chi connectivity index (χ4n) is 2.34. The predicted molar refractivity (Wildman–Crippen MR) is 94.4 cm³/mol. The van der Waals surface area contributed by atoms with Gasteiger partial charge in [-0.05, 0) is 12.1 Å². The molecule has 0 atom stereocenters. The molecule has 0 heterocycles. The molecule has 2 aromatic rings. The van der Waals surface area contributed by atoms with Crippen LogP contribution in [0.3, 0.4) is 0 Å². The van der Waals surface area contributed by atoms with Gasteiger partial charge in [-0.3, -0.25) is 4.79 Å². The number of hydrogen-bond donors (Lipinski definition) is 1. The van der Waals surface area contributed by atoms with E-state index in [0.717, 1.165) is 5.69 Å². The molecule has 1 amide bonds. The molecular weight excluding hydrogens is 308 g/mol. The van der Waals surface area contributed by atoms with Gasteiger partial charge in [0, 0.05) is 30.6 Å². The summed E-state index contributed by atoms with van der Waals surface area (Å²) in [6.45, 7) is 0.223. The van der Waals surface area contributed by atoms with E-state index < -0.39 is 0 Å². The summed E-state index contributed by atoms with van der Waals surface area (Å²) in [5.74, 6) is 1.32. The number of para-hydroxylation sites is 1. The Morgan fingerprint density at radius 3 is 2.08 bits per heavy atom. The van der Waals surface area contributed by atoms with Crippen LogP contribution in [-0.4, -0.2) is 40.8 Å². The number of nitrogens with one attached hydrogen (secondary N) is 1. The highest BCUT2D eigenvalue weighted by Crippen LogP contribution is 2.39. The maximum absolute atomic E-state index is 12.3. The molecule has 6 heteroatoms. The Morgan fingerprint density at radius 1 is 1.00 bits per heavy atom. The number of carbonyl (C=O) groups is 1. The van der Waals surface area contributed by atoms with Gasteiger partial charge in [0.2, 0.25) is 11.7 Å². The molecule has 0 bridgehead atoms. The zero-order valence-electron chi connectivity index (χ0n) is 14.3. The van der Waals surface area contributed by atoms with Crippen molar-refractivity contribution in [2.75, 3.05) is 45.1 Å². The van der Waals surface area contributed by atoms with Crippen LogP contribution in [0.1, 0.15) is 0 Å². The molecule has 0 aliphatic heterocycles. The summed E-state index contributed by atoms with van der Waals surface area (Å²) in [7, 11) is 6.47. The lowest BCUT2D eigenvalue weighted by Gasteiger charge is -2.19. The van der Waals surface area contributed by atoms with Gasteiger partial charge in [0.05, 0.1) is 27.9 Å². The van der Waals surface area contributed by atoms with Crippen molar-refractivity contribution in [1.82, 2.24) is 0 Å². The van der Waals surface area contributed by atoms with Crippen LogP contribution in [0.2, 0.25) is 0 Å². The number of likely N-dealkylation sites (N-methyl/N-ethyl adjacent to an activating group) is 1. The molecule has 0 aliphatic rings. The number of benzene rings is 2. The highest BCUT2D eigenvalue weighted by molar-refractivity contribution is 5.94. The number of ether oxygens (including phenoxy) is 3.